The van der Waals surface area contributed by atoms with E-state index < -0.39 is 17.2 Å². The van der Waals surface area contributed by atoms with Crippen LogP contribution in [0.3, 0.4) is 0 Å². The Hall–Kier alpha value is -2.21. The lowest BCUT2D eigenvalue weighted by Gasteiger charge is -2.42. The zero-order chi connectivity index (χ0) is 24.7. The first-order valence-corrected chi connectivity index (χ1v) is 12.5. The number of hydrogen-bond acceptors (Lipinski definition) is 5. The van der Waals surface area contributed by atoms with Gasteiger partial charge in [0.05, 0.1) is 22.2 Å². The monoisotopic (exact) mass is 462 g/mol. The first-order chi connectivity index (χ1) is 15.8. The molecule has 0 bridgehead atoms. The summed E-state index contributed by atoms with van der Waals surface area (Å²) in [6.45, 7) is 17.1. The lowest BCUT2D eigenvalue weighted by atomic mass is 9.91. The molecule has 1 saturated carbocycles. The van der Waals surface area contributed by atoms with Crippen LogP contribution >= 0.6 is 0 Å². The van der Waals surface area contributed by atoms with Crippen LogP contribution in [-0.4, -0.2) is 22.2 Å². The van der Waals surface area contributed by atoms with E-state index in [1.165, 1.54) is 22.3 Å². The number of fused-ring (bicyclic) bond motifs is 2. The number of carbonyl (C=O) groups excluding carboxylic acids is 1. The van der Waals surface area contributed by atoms with Gasteiger partial charge < -0.3 is 4.84 Å². The van der Waals surface area contributed by atoms with Gasteiger partial charge in [0, 0.05) is 0 Å². The highest BCUT2D eigenvalue weighted by Gasteiger charge is 2.56. The van der Waals surface area contributed by atoms with E-state index in [-0.39, 0.29) is 23.0 Å². The second-order valence-electron chi connectivity index (χ2n) is 12.2. The molecule has 1 fully saturated rings. The average Bonchev–Trinajstić information content (AvgIpc) is 3.57. The van der Waals surface area contributed by atoms with E-state index >= 15 is 0 Å². The van der Waals surface area contributed by atoms with Crippen LogP contribution in [0.4, 0.5) is 0 Å². The van der Waals surface area contributed by atoms with Gasteiger partial charge in [-0.3, -0.25) is 4.84 Å². The highest BCUT2D eigenvalue weighted by atomic mass is 16.8. The third-order valence-corrected chi connectivity index (χ3v) is 8.20. The minimum Gasteiger partial charge on any atom is -0.364 e. The molecule has 2 aromatic carbocycles. The van der Waals surface area contributed by atoms with Crippen molar-refractivity contribution in [1.82, 2.24) is 10.1 Å². The fourth-order valence-corrected chi connectivity index (χ4v) is 6.40. The van der Waals surface area contributed by atoms with Crippen LogP contribution < -0.4 is 0 Å². The molecule has 1 unspecified atom stereocenters. The zero-order valence-corrected chi connectivity index (χ0v) is 21.8. The molecule has 0 N–H and O–H groups in total. The zero-order valence-electron chi connectivity index (χ0n) is 21.8. The predicted molar refractivity (Wildman–Crippen MR) is 132 cm³/mol. The molecule has 34 heavy (non-hydrogen) atoms. The molecular weight excluding hydrogens is 424 g/mol. The van der Waals surface area contributed by atoms with Gasteiger partial charge in [-0.05, 0) is 96.4 Å². The van der Waals surface area contributed by atoms with Gasteiger partial charge >= 0.3 is 5.97 Å². The van der Waals surface area contributed by atoms with E-state index in [2.05, 4.69) is 91.8 Å². The Kier molecular flexibility index (Phi) is 5.12. The Morgan fingerprint density at radius 3 is 1.41 bits per heavy atom. The Balaban J connectivity index is 1.43. The van der Waals surface area contributed by atoms with Crippen molar-refractivity contribution in [3.8, 4) is 0 Å². The van der Waals surface area contributed by atoms with Gasteiger partial charge in [-0.25, -0.2) is 4.79 Å². The second kappa shape index (κ2) is 7.39. The van der Waals surface area contributed by atoms with Crippen LogP contribution in [-0.2, 0) is 36.6 Å². The van der Waals surface area contributed by atoms with Crippen LogP contribution in [0, 0.1) is 5.92 Å². The Bertz CT molecular complexity index is 1060. The van der Waals surface area contributed by atoms with Crippen molar-refractivity contribution < 1.29 is 14.5 Å². The van der Waals surface area contributed by atoms with Crippen molar-refractivity contribution in [2.45, 2.75) is 96.5 Å². The molecular formula is C29H38N2O3. The van der Waals surface area contributed by atoms with Crippen molar-refractivity contribution in [2.75, 3.05) is 0 Å². The van der Waals surface area contributed by atoms with Crippen molar-refractivity contribution in [3.05, 3.63) is 70.8 Å². The maximum Gasteiger partial charge on any atom is 0.356 e. The van der Waals surface area contributed by atoms with Gasteiger partial charge in [-0.15, -0.1) is 5.06 Å². The average molecular weight is 463 g/mol. The lowest BCUT2D eigenvalue weighted by Crippen LogP contribution is -2.52. The van der Waals surface area contributed by atoms with Crippen molar-refractivity contribution >= 4 is 5.97 Å². The summed E-state index contributed by atoms with van der Waals surface area (Å²) in [5, 5.41) is 3.91. The number of benzene rings is 2. The van der Waals surface area contributed by atoms with Gasteiger partial charge in [0.25, 0.3) is 0 Å². The topological polar surface area (TPSA) is 42.0 Å². The minimum atomic E-state index is -0.636. The van der Waals surface area contributed by atoms with E-state index in [0.29, 0.717) is 0 Å². The molecule has 0 aromatic heterocycles. The highest BCUT2D eigenvalue weighted by molar-refractivity contribution is 5.75. The smallest absolute Gasteiger partial charge is 0.356 e. The molecule has 5 heteroatoms. The fraction of sp³-hybridized carbons (Fsp3) is 0.552. The molecule has 2 heterocycles. The number of hydrogen-bond donors (Lipinski definition) is 0. The van der Waals surface area contributed by atoms with Gasteiger partial charge in [-0.2, -0.15) is 5.06 Å². The molecule has 5 rings (SSSR count). The fourth-order valence-electron chi connectivity index (χ4n) is 6.40. The maximum absolute atomic E-state index is 13.8. The van der Waals surface area contributed by atoms with Crippen LogP contribution in [0.1, 0.15) is 90.5 Å². The number of nitrogens with zero attached hydrogens (tertiary/aromatic N) is 2. The summed E-state index contributed by atoms with van der Waals surface area (Å²) in [7, 11) is 0. The van der Waals surface area contributed by atoms with Crippen LogP contribution in [0.15, 0.2) is 48.5 Å². The Morgan fingerprint density at radius 2 is 1.06 bits per heavy atom. The Morgan fingerprint density at radius 1 is 0.706 bits per heavy atom. The summed E-state index contributed by atoms with van der Waals surface area (Å²) < 4.78 is 0. The number of hydroxylamine groups is 4. The van der Waals surface area contributed by atoms with Crippen LogP contribution in [0.5, 0.6) is 0 Å². The van der Waals surface area contributed by atoms with Crippen LogP contribution in [0.2, 0.25) is 0 Å². The van der Waals surface area contributed by atoms with E-state index in [1.54, 1.807) is 0 Å². The van der Waals surface area contributed by atoms with Crippen LogP contribution in [0.25, 0.3) is 0 Å². The largest absolute Gasteiger partial charge is 0.364 e. The molecule has 1 atom stereocenters. The first-order valence-electron chi connectivity index (χ1n) is 12.5. The molecule has 0 spiro atoms. The summed E-state index contributed by atoms with van der Waals surface area (Å²) in [6.07, 6.45) is 1.33. The summed E-state index contributed by atoms with van der Waals surface area (Å²) in [5.74, 6) is -0.127. The summed E-state index contributed by atoms with van der Waals surface area (Å²) in [6, 6.07) is 16.8. The van der Waals surface area contributed by atoms with E-state index in [1.807, 2.05) is 22.3 Å². The quantitative estimate of drug-likeness (QED) is 0.535. The van der Waals surface area contributed by atoms with E-state index in [4.69, 9.17) is 9.68 Å². The molecule has 2 aromatic rings. The molecule has 1 aliphatic carbocycles. The van der Waals surface area contributed by atoms with Crippen molar-refractivity contribution in [1.29, 1.82) is 0 Å². The molecule has 0 saturated heterocycles. The van der Waals surface area contributed by atoms with Gasteiger partial charge in [0.1, 0.15) is 0 Å². The lowest BCUT2D eigenvalue weighted by molar-refractivity contribution is -0.307. The summed E-state index contributed by atoms with van der Waals surface area (Å²) >= 11 is 0. The molecule has 2 aliphatic heterocycles. The molecule has 0 radical (unpaired) electrons. The Labute approximate surface area is 203 Å². The summed E-state index contributed by atoms with van der Waals surface area (Å²) in [4.78, 5) is 26.7. The van der Waals surface area contributed by atoms with Crippen molar-refractivity contribution in [2.24, 2.45) is 5.92 Å². The van der Waals surface area contributed by atoms with Gasteiger partial charge in [0.2, 0.25) is 0 Å². The predicted octanol–water partition coefficient (Wildman–Crippen LogP) is 6.13. The van der Waals surface area contributed by atoms with Gasteiger partial charge in [-0.1, -0.05) is 48.5 Å². The first kappa shape index (κ1) is 23.5. The van der Waals surface area contributed by atoms with Crippen molar-refractivity contribution in [3.63, 3.8) is 0 Å². The second-order valence-corrected chi connectivity index (χ2v) is 12.2. The third-order valence-electron chi connectivity index (χ3n) is 8.20. The molecule has 0 amide bonds. The van der Waals surface area contributed by atoms with E-state index in [9.17, 15) is 4.79 Å². The number of carbonyl (C=O) groups is 1. The van der Waals surface area contributed by atoms with E-state index in [0.717, 1.165) is 12.8 Å². The SMILES string of the molecule is CC1(C)c2ccccc2C(C)(C)N1OC(=O)C(ON1C(C)(C)c2ccccc2C1(C)C)C1CC1. The minimum absolute atomic E-state index is 0.180. The standard InChI is InChI=1S/C29H38N2O3/c1-26(2)20-13-9-10-14-21(20)27(3,4)30(26)33-24(19-17-18-19)25(32)34-31-28(5,6)22-15-11-12-16-23(22)29(31,7)8/h9-16,19,24H,17-18H2,1-8H3. The third kappa shape index (κ3) is 3.28. The molecule has 5 nitrogen and oxygen atoms in total. The summed E-state index contributed by atoms with van der Waals surface area (Å²) in [5.41, 5.74) is 3.24. The molecule has 3 aliphatic rings. The van der Waals surface area contributed by atoms with Gasteiger partial charge in [0.15, 0.2) is 6.10 Å². The normalized spacial score (nSPS) is 24.9. The maximum atomic E-state index is 13.8. The number of rotatable bonds is 5. The highest BCUT2D eigenvalue weighted by Crippen LogP contribution is 2.52. The molecule has 182 valence electrons.